The number of carbonyl (C=O) groups excluding carboxylic acids is 1. The fourth-order valence-corrected chi connectivity index (χ4v) is 2.21. The molecule has 5 nitrogen and oxygen atoms in total. The zero-order valence-corrected chi connectivity index (χ0v) is 10.5. The molecule has 0 aromatic carbocycles. The molecular weight excluding hydrogens is 216 g/mol. The van der Waals surface area contributed by atoms with Crippen LogP contribution in [0.25, 0.3) is 0 Å². The number of hydrogen-bond donors (Lipinski definition) is 1. The first kappa shape index (κ1) is 11.8. The molecule has 0 radical (unpaired) electrons. The molecule has 1 atom stereocenters. The summed E-state index contributed by atoms with van der Waals surface area (Å²) in [5.41, 5.74) is 1.94. The van der Waals surface area contributed by atoms with Crippen LogP contribution in [0.15, 0.2) is 6.07 Å². The smallest absolute Gasteiger partial charge is 0.225 e. The molecular formula is C12H18N4O. The molecule has 1 fully saturated rings. The maximum Gasteiger partial charge on any atom is 0.225 e. The molecule has 0 unspecified atom stereocenters. The molecule has 0 aliphatic carbocycles. The summed E-state index contributed by atoms with van der Waals surface area (Å²) in [6.45, 7) is 5.48. The first-order valence-electron chi connectivity index (χ1n) is 5.89. The Morgan fingerprint density at radius 1 is 1.41 bits per heavy atom. The Hall–Kier alpha value is -1.65. The molecule has 0 bridgehead atoms. The van der Waals surface area contributed by atoms with Crippen molar-refractivity contribution >= 4 is 11.9 Å². The fourth-order valence-electron chi connectivity index (χ4n) is 2.21. The highest BCUT2D eigenvalue weighted by molar-refractivity contribution is 5.79. The SMILES string of the molecule is CNC(=O)[C@H]1CCN(c2nc(C)cc(C)n2)C1. The average molecular weight is 234 g/mol. The first-order chi connectivity index (χ1) is 8.10. The van der Waals surface area contributed by atoms with Crippen molar-refractivity contribution in [1.29, 1.82) is 0 Å². The number of rotatable bonds is 2. The maximum atomic E-state index is 11.5. The fraction of sp³-hybridized carbons (Fsp3) is 0.583. The van der Waals surface area contributed by atoms with Crippen molar-refractivity contribution in [2.45, 2.75) is 20.3 Å². The number of hydrogen-bond acceptors (Lipinski definition) is 4. The Morgan fingerprint density at radius 3 is 2.65 bits per heavy atom. The van der Waals surface area contributed by atoms with Gasteiger partial charge in [-0.2, -0.15) is 0 Å². The Bertz CT molecular complexity index is 412. The zero-order chi connectivity index (χ0) is 12.4. The summed E-state index contributed by atoms with van der Waals surface area (Å²) in [6.07, 6.45) is 0.871. The largest absolute Gasteiger partial charge is 0.359 e. The van der Waals surface area contributed by atoms with Crippen LogP contribution < -0.4 is 10.2 Å². The molecule has 1 amide bonds. The van der Waals surface area contributed by atoms with Crippen LogP contribution in [-0.2, 0) is 4.79 Å². The van der Waals surface area contributed by atoms with E-state index in [9.17, 15) is 4.79 Å². The van der Waals surface area contributed by atoms with Crippen molar-refractivity contribution in [2.75, 3.05) is 25.0 Å². The number of nitrogens with one attached hydrogen (secondary N) is 1. The number of anilines is 1. The van der Waals surface area contributed by atoms with Gasteiger partial charge in [-0.05, 0) is 26.3 Å². The topological polar surface area (TPSA) is 58.1 Å². The van der Waals surface area contributed by atoms with Crippen LogP contribution in [0.1, 0.15) is 17.8 Å². The molecule has 1 saturated heterocycles. The molecule has 2 rings (SSSR count). The third-order valence-corrected chi connectivity index (χ3v) is 3.06. The van der Waals surface area contributed by atoms with Crippen LogP contribution in [0.5, 0.6) is 0 Å². The van der Waals surface area contributed by atoms with Gasteiger partial charge in [-0.3, -0.25) is 4.79 Å². The molecule has 1 aliphatic rings. The van der Waals surface area contributed by atoms with Crippen LogP contribution in [-0.4, -0.2) is 36.0 Å². The van der Waals surface area contributed by atoms with Gasteiger partial charge in [-0.15, -0.1) is 0 Å². The van der Waals surface area contributed by atoms with Gasteiger partial charge in [0.05, 0.1) is 5.92 Å². The quantitative estimate of drug-likeness (QED) is 0.817. The van der Waals surface area contributed by atoms with E-state index in [4.69, 9.17) is 0 Å². The van der Waals surface area contributed by atoms with Crippen LogP contribution in [0, 0.1) is 19.8 Å². The van der Waals surface area contributed by atoms with Crippen LogP contribution in [0.2, 0.25) is 0 Å². The van der Waals surface area contributed by atoms with Crippen molar-refractivity contribution in [1.82, 2.24) is 15.3 Å². The van der Waals surface area contributed by atoms with E-state index in [0.717, 1.165) is 30.3 Å². The Kier molecular flexibility index (Phi) is 3.26. The molecule has 17 heavy (non-hydrogen) atoms. The number of carbonyl (C=O) groups is 1. The van der Waals surface area contributed by atoms with E-state index >= 15 is 0 Å². The highest BCUT2D eigenvalue weighted by atomic mass is 16.1. The highest BCUT2D eigenvalue weighted by Gasteiger charge is 2.29. The van der Waals surface area contributed by atoms with Crippen LogP contribution in [0.3, 0.4) is 0 Å². The molecule has 1 aromatic heterocycles. The van der Waals surface area contributed by atoms with Crippen molar-refractivity contribution in [2.24, 2.45) is 5.92 Å². The van der Waals surface area contributed by atoms with Gasteiger partial charge in [0.2, 0.25) is 11.9 Å². The zero-order valence-electron chi connectivity index (χ0n) is 10.5. The molecule has 1 N–H and O–H groups in total. The predicted molar refractivity (Wildman–Crippen MR) is 65.9 cm³/mol. The molecule has 5 heteroatoms. The maximum absolute atomic E-state index is 11.5. The van der Waals surface area contributed by atoms with E-state index in [1.54, 1.807) is 7.05 Å². The van der Waals surface area contributed by atoms with Crippen LogP contribution >= 0.6 is 0 Å². The summed E-state index contributed by atoms with van der Waals surface area (Å²) >= 11 is 0. The summed E-state index contributed by atoms with van der Waals surface area (Å²) < 4.78 is 0. The standard InChI is InChI=1S/C12H18N4O/c1-8-6-9(2)15-12(14-8)16-5-4-10(7-16)11(17)13-3/h6,10H,4-5,7H2,1-3H3,(H,13,17)/t10-/m0/s1. The molecule has 0 spiro atoms. The number of aromatic nitrogens is 2. The van der Waals surface area contributed by atoms with Gasteiger partial charge in [-0.1, -0.05) is 0 Å². The van der Waals surface area contributed by atoms with Gasteiger partial charge in [0.1, 0.15) is 0 Å². The van der Waals surface area contributed by atoms with Crippen molar-refractivity contribution in [3.63, 3.8) is 0 Å². The second-order valence-electron chi connectivity index (χ2n) is 4.50. The van der Waals surface area contributed by atoms with Crippen molar-refractivity contribution in [3.05, 3.63) is 17.5 Å². The van der Waals surface area contributed by atoms with Gasteiger partial charge in [0, 0.05) is 31.5 Å². The Balaban J connectivity index is 2.12. The van der Waals surface area contributed by atoms with E-state index in [1.165, 1.54) is 0 Å². The first-order valence-corrected chi connectivity index (χ1v) is 5.89. The second kappa shape index (κ2) is 4.69. The van der Waals surface area contributed by atoms with Gasteiger partial charge in [0.15, 0.2) is 0 Å². The normalized spacial score (nSPS) is 19.5. The molecule has 0 saturated carbocycles. The number of nitrogens with zero attached hydrogens (tertiary/aromatic N) is 3. The van der Waals surface area contributed by atoms with Gasteiger partial charge in [0.25, 0.3) is 0 Å². The molecule has 92 valence electrons. The Morgan fingerprint density at radius 2 is 2.06 bits per heavy atom. The summed E-state index contributed by atoms with van der Waals surface area (Å²) in [7, 11) is 1.68. The second-order valence-corrected chi connectivity index (χ2v) is 4.50. The van der Waals surface area contributed by atoms with Gasteiger partial charge < -0.3 is 10.2 Å². The lowest BCUT2D eigenvalue weighted by Gasteiger charge is -2.16. The van der Waals surface area contributed by atoms with E-state index in [0.29, 0.717) is 6.54 Å². The van der Waals surface area contributed by atoms with E-state index in [-0.39, 0.29) is 11.8 Å². The lowest BCUT2D eigenvalue weighted by molar-refractivity contribution is -0.123. The van der Waals surface area contributed by atoms with Crippen molar-refractivity contribution in [3.8, 4) is 0 Å². The average Bonchev–Trinajstić information content (AvgIpc) is 2.76. The lowest BCUT2D eigenvalue weighted by atomic mass is 10.1. The summed E-state index contributed by atoms with van der Waals surface area (Å²) in [5.74, 6) is 0.912. The third kappa shape index (κ3) is 2.54. The lowest BCUT2D eigenvalue weighted by Crippen LogP contribution is -2.30. The summed E-state index contributed by atoms with van der Waals surface area (Å²) in [6, 6.07) is 1.95. The predicted octanol–water partition coefficient (Wildman–Crippen LogP) is 0.666. The third-order valence-electron chi connectivity index (χ3n) is 3.06. The van der Waals surface area contributed by atoms with E-state index < -0.39 is 0 Å². The van der Waals surface area contributed by atoms with E-state index in [1.807, 2.05) is 19.9 Å². The monoisotopic (exact) mass is 234 g/mol. The van der Waals surface area contributed by atoms with E-state index in [2.05, 4.69) is 20.2 Å². The molecule has 1 aliphatic heterocycles. The minimum atomic E-state index is 0.0596. The number of aryl methyl sites for hydroxylation is 2. The molecule has 2 heterocycles. The molecule has 1 aromatic rings. The minimum absolute atomic E-state index is 0.0596. The highest BCUT2D eigenvalue weighted by Crippen LogP contribution is 2.21. The summed E-state index contributed by atoms with van der Waals surface area (Å²) in [5, 5.41) is 2.70. The van der Waals surface area contributed by atoms with Crippen molar-refractivity contribution < 1.29 is 4.79 Å². The Labute approximate surface area is 101 Å². The van der Waals surface area contributed by atoms with Gasteiger partial charge in [-0.25, -0.2) is 9.97 Å². The number of amides is 1. The summed E-state index contributed by atoms with van der Waals surface area (Å²) in [4.78, 5) is 22.5. The van der Waals surface area contributed by atoms with Crippen LogP contribution in [0.4, 0.5) is 5.95 Å². The van der Waals surface area contributed by atoms with Gasteiger partial charge >= 0.3 is 0 Å². The minimum Gasteiger partial charge on any atom is -0.359 e.